The van der Waals surface area contributed by atoms with Crippen molar-refractivity contribution in [3.05, 3.63) is 54.0 Å². The molecule has 0 aliphatic carbocycles. The molecule has 5 rings (SSSR count). The van der Waals surface area contributed by atoms with Crippen molar-refractivity contribution in [3.8, 4) is 17.3 Å². The van der Waals surface area contributed by atoms with E-state index in [1.165, 1.54) is 5.69 Å². The van der Waals surface area contributed by atoms with Gasteiger partial charge in [-0.3, -0.25) is 4.68 Å². The number of benzene rings is 1. The number of methoxy groups -OCH3 is 1. The molecule has 1 aromatic carbocycles. The highest BCUT2D eigenvalue weighted by atomic mass is 28.3. The average molecular weight is 640 g/mol. The van der Waals surface area contributed by atoms with Gasteiger partial charge in [-0.15, -0.1) is 5.54 Å². The van der Waals surface area contributed by atoms with Crippen LogP contribution in [0.25, 0.3) is 11.0 Å². The Labute approximate surface area is 275 Å². The smallest absolute Gasteiger partial charge is 0.229 e. The van der Waals surface area contributed by atoms with Crippen LogP contribution in [0.5, 0.6) is 5.88 Å². The van der Waals surface area contributed by atoms with Gasteiger partial charge in [-0.05, 0) is 47.9 Å². The molecule has 0 bridgehead atoms. The van der Waals surface area contributed by atoms with E-state index in [1.54, 1.807) is 7.11 Å². The molecule has 3 aromatic heterocycles. The highest BCUT2D eigenvalue weighted by molar-refractivity contribution is 6.90. The molecule has 4 aromatic rings. The molecule has 11 heteroatoms. The van der Waals surface area contributed by atoms with Crippen LogP contribution in [0.1, 0.15) is 52.8 Å². The molecule has 0 unspecified atom stereocenters. The number of nitrogens with zero attached hydrogens (tertiary/aromatic N) is 7. The lowest BCUT2D eigenvalue weighted by molar-refractivity contribution is 0.313. The first kappa shape index (κ1) is 33.2. The summed E-state index contributed by atoms with van der Waals surface area (Å²) in [6.45, 7) is 18.6. The van der Waals surface area contributed by atoms with Crippen molar-refractivity contribution in [1.82, 2.24) is 29.6 Å². The molecule has 0 spiro atoms. The number of rotatable bonds is 10. The summed E-state index contributed by atoms with van der Waals surface area (Å²) in [6.07, 6.45) is 3.79. The number of piperazine rings is 1. The minimum atomic E-state index is -1.93. The van der Waals surface area contributed by atoms with Crippen molar-refractivity contribution in [2.45, 2.75) is 64.7 Å². The van der Waals surface area contributed by atoms with Gasteiger partial charge in [-0.1, -0.05) is 47.5 Å². The fourth-order valence-corrected chi connectivity index (χ4v) is 12.0. The van der Waals surface area contributed by atoms with Gasteiger partial charge in [-0.2, -0.15) is 15.1 Å². The standard InChI is InChI=1S/C35H49N9OSi/c1-24(2)46(25(3)4,26(5)6)19-13-27-20-33(45-9)39-34-30(27)23-37-35(40-34)38-28-10-11-32(44-17-15-42(7)16-18-44)31(21-28)36-22-29-12-14-43(8)41-29/h10-12,14,20-21,23-26,36H,15-18,22H2,1-9H3,(H,37,38,39,40). The third kappa shape index (κ3) is 7.13. The van der Waals surface area contributed by atoms with Gasteiger partial charge in [0, 0.05) is 62.9 Å². The highest BCUT2D eigenvalue weighted by Crippen LogP contribution is 2.41. The lowest BCUT2D eigenvalue weighted by Crippen LogP contribution is -2.44. The Morgan fingerprint density at radius 1 is 0.935 bits per heavy atom. The summed E-state index contributed by atoms with van der Waals surface area (Å²) in [7, 11) is 3.80. The molecule has 1 fully saturated rings. The maximum atomic E-state index is 5.58. The lowest BCUT2D eigenvalue weighted by Gasteiger charge is -2.38. The first-order valence-corrected chi connectivity index (χ1v) is 18.5. The second kappa shape index (κ2) is 14.1. The molecule has 4 heterocycles. The van der Waals surface area contributed by atoms with Gasteiger partial charge in [0.1, 0.15) is 8.07 Å². The van der Waals surface area contributed by atoms with Crippen LogP contribution in [0, 0.1) is 11.5 Å². The zero-order valence-corrected chi connectivity index (χ0v) is 29.8. The number of ether oxygens (including phenoxy) is 1. The van der Waals surface area contributed by atoms with Gasteiger partial charge < -0.3 is 25.2 Å². The molecule has 0 radical (unpaired) electrons. The van der Waals surface area contributed by atoms with E-state index in [-0.39, 0.29) is 0 Å². The van der Waals surface area contributed by atoms with Gasteiger partial charge >= 0.3 is 0 Å². The van der Waals surface area contributed by atoms with Crippen LogP contribution in [-0.2, 0) is 13.6 Å². The summed E-state index contributed by atoms with van der Waals surface area (Å²) in [5.41, 5.74) is 10.9. The van der Waals surface area contributed by atoms with Crippen molar-refractivity contribution in [2.24, 2.45) is 7.05 Å². The van der Waals surface area contributed by atoms with E-state index in [9.17, 15) is 0 Å². The van der Waals surface area contributed by atoms with Crippen molar-refractivity contribution in [2.75, 3.05) is 55.9 Å². The molecular formula is C35H49N9OSi. The molecule has 10 nitrogen and oxygen atoms in total. The van der Waals surface area contributed by atoms with Crippen LogP contribution in [0.15, 0.2) is 42.7 Å². The second-order valence-electron chi connectivity index (χ2n) is 13.3. The van der Waals surface area contributed by atoms with Crippen molar-refractivity contribution in [1.29, 1.82) is 0 Å². The quantitative estimate of drug-likeness (QED) is 0.150. The van der Waals surface area contributed by atoms with Gasteiger partial charge in [0.15, 0.2) is 5.65 Å². The number of hydrogen-bond acceptors (Lipinski definition) is 9. The molecule has 0 saturated carbocycles. The van der Waals surface area contributed by atoms with Crippen LogP contribution in [0.2, 0.25) is 16.6 Å². The van der Waals surface area contributed by atoms with E-state index in [0.717, 1.165) is 54.2 Å². The summed E-state index contributed by atoms with van der Waals surface area (Å²) in [6, 6.07) is 10.3. The van der Waals surface area contributed by atoms with Gasteiger partial charge in [0.2, 0.25) is 11.8 Å². The number of hydrogen-bond donors (Lipinski definition) is 2. The monoisotopic (exact) mass is 639 g/mol. The Hall–Kier alpha value is -4.14. The number of likely N-dealkylation sites (N-methyl/N-ethyl adjacent to an activating group) is 1. The molecule has 0 atom stereocenters. The summed E-state index contributed by atoms with van der Waals surface area (Å²) >= 11 is 0. The van der Waals surface area contributed by atoms with Crippen LogP contribution < -0.4 is 20.3 Å². The van der Waals surface area contributed by atoms with E-state index >= 15 is 0 Å². The number of fused-ring (bicyclic) bond motifs is 1. The maximum Gasteiger partial charge on any atom is 0.229 e. The summed E-state index contributed by atoms with van der Waals surface area (Å²) in [5.74, 6) is 4.52. The third-order valence-corrected chi connectivity index (χ3v) is 15.6. The molecule has 0 amide bonds. The number of aromatic nitrogens is 5. The van der Waals surface area contributed by atoms with E-state index in [0.29, 0.717) is 40.6 Å². The zero-order chi connectivity index (χ0) is 33.0. The Morgan fingerprint density at radius 2 is 1.65 bits per heavy atom. The zero-order valence-electron chi connectivity index (χ0n) is 28.8. The first-order chi connectivity index (χ1) is 22.0. The van der Waals surface area contributed by atoms with Crippen molar-refractivity contribution in [3.63, 3.8) is 0 Å². The normalized spacial score (nSPS) is 14.2. The Morgan fingerprint density at radius 3 is 2.28 bits per heavy atom. The Kier molecular flexibility index (Phi) is 10.2. The SMILES string of the molecule is COc1cc(C#C[Si](C(C)C)(C(C)C)C(C)C)c2cnc(Nc3ccc(N4CCN(C)CC4)c(NCc4ccn(C)n4)c3)nc2n1. The highest BCUT2D eigenvalue weighted by Gasteiger charge is 2.41. The largest absolute Gasteiger partial charge is 0.481 e. The molecular weight excluding hydrogens is 591 g/mol. The summed E-state index contributed by atoms with van der Waals surface area (Å²) in [5, 5.41) is 12.4. The average Bonchev–Trinajstić information content (AvgIpc) is 3.44. The molecule has 1 aliphatic rings. The summed E-state index contributed by atoms with van der Waals surface area (Å²) < 4.78 is 7.41. The predicted molar refractivity (Wildman–Crippen MR) is 192 cm³/mol. The predicted octanol–water partition coefficient (Wildman–Crippen LogP) is 6.44. The fourth-order valence-electron chi connectivity index (χ4n) is 6.81. The van der Waals surface area contributed by atoms with E-state index in [1.807, 2.05) is 36.3 Å². The fraction of sp³-hybridized carbons (Fsp3) is 0.486. The molecule has 2 N–H and O–H groups in total. The molecule has 1 saturated heterocycles. The van der Waals surface area contributed by atoms with Gasteiger partial charge in [0.25, 0.3) is 0 Å². The van der Waals surface area contributed by atoms with Gasteiger partial charge in [0.05, 0.1) is 36.1 Å². The minimum absolute atomic E-state index is 0.463. The number of pyridine rings is 1. The second-order valence-corrected chi connectivity index (χ2v) is 18.9. The maximum absolute atomic E-state index is 5.58. The van der Waals surface area contributed by atoms with E-state index < -0.39 is 8.07 Å². The Bertz CT molecular complexity index is 1690. The van der Waals surface area contributed by atoms with Gasteiger partial charge in [-0.25, -0.2) is 4.98 Å². The van der Waals surface area contributed by atoms with Crippen LogP contribution in [-0.4, -0.2) is 78.0 Å². The lowest BCUT2D eigenvalue weighted by atomic mass is 10.2. The van der Waals surface area contributed by atoms with E-state index in [2.05, 4.69) is 109 Å². The first-order valence-electron chi connectivity index (χ1n) is 16.3. The minimum Gasteiger partial charge on any atom is -0.481 e. The van der Waals surface area contributed by atoms with Crippen molar-refractivity contribution >= 4 is 42.1 Å². The number of anilines is 4. The van der Waals surface area contributed by atoms with Crippen LogP contribution in [0.4, 0.5) is 23.0 Å². The topological polar surface area (TPSA) is 96.3 Å². The Balaban J connectivity index is 1.46. The molecule has 244 valence electrons. The molecule has 1 aliphatic heterocycles. The number of nitrogens with one attached hydrogen (secondary N) is 2. The van der Waals surface area contributed by atoms with Crippen LogP contribution in [0.3, 0.4) is 0 Å². The summed E-state index contributed by atoms with van der Waals surface area (Å²) in [4.78, 5) is 19.0. The third-order valence-electron chi connectivity index (χ3n) is 9.36. The molecule has 46 heavy (non-hydrogen) atoms. The van der Waals surface area contributed by atoms with Crippen LogP contribution >= 0.6 is 0 Å². The van der Waals surface area contributed by atoms with E-state index in [4.69, 9.17) is 14.7 Å². The van der Waals surface area contributed by atoms with Crippen molar-refractivity contribution < 1.29 is 4.74 Å². The number of aryl methyl sites for hydroxylation is 1.